The first-order chi connectivity index (χ1) is 10.1. The molecule has 0 saturated heterocycles. The van der Waals surface area contributed by atoms with Crippen molar-refractivity contribution >= 4 is 39.3 Å². The number of rotatable bonds is 6. The van der Waals surface area contributed by atoms with Crippen LogP contribution in [-0.2, 0) is 11.3 Å². The molecule has 0 spiro atoms. The first kappa shape index (κ1) is 15.9. The Bertz CT molecular complexity index is 651. The number of carbonyl (C=O) groups excluding carboxylic acids is 1. The Morgan fingerprint density at radius 1 is 1.29 bits per heavy atom. The van der Waals surface area contributed by atoms with Crippen LogP contribution < -0.4 is 11.1 Å². The van der Waals surface area contributed by atoms with E-state index >= 15 is 0 Å². The predicted molar refractivity (Wildman–Crippen MR) is 87.8 cm³/mol. The van der Waals surface area contributed by atoms with Gasteiger partial charge in [-0.25, -0.2) is 4.39 Å². The van der Waals surface area contributed by atoms with Gasteiger partial charge in [-0.2, -0.15) is 0 Å². The van der Waals surface area contributed by atoms with Crippen LogP contribution in [-0.4, -0.2) is 11.7 Å². The van der Waals surface area contributed by atoms with Crippen molar-refractivity contribution in [2.24, 2.45) is 5.73 Å². The highest BCUT2D eigenvalue weighted by atomic mass is 79.9. The van der Waals surface area contributed by atoms with Crippen molar-refractivity contribution in [2.75, 3.05) is 11.1 Å². The first-order valence-corrected chi connectivity index (χ1v) is 8.02. The number of halogens is 2. The van der Waals surface area contributed by atoms with Gasteiger partial charge in [0, 0.05) is 21.6 Å². The number of primary amides is 1. The maximum absolute atomic E-state index is 13.3. The zero-order valence-corrected chi connectivity index (χ0v) is 13.5. The molecular weight excluding hydrogens is 355 g/mol. The number of carbonyl (C=O) groups is 1. The Morgan fingerprint density at radius 3 is 2.81 bits per heavy atom. The molecule has 0 bridgehead atoms. The molecule has 3 N–H and O–H groups in total. The molecule has 0 aliphatic rings. The monoisotopic (exact) mass is 368 g/mol. The van der Waals surface area contributed by atoms with Crippen molar-refractivity contribution in [1.82, 2.24) is 0 Å². The van der Waals surface area contributed by atoms with Gasteiger partial charge in [0.05, 0.1) is 5.75 Å². The van der Waals surface area contributed by atoms with E-state index in [0.717, 1.165) is 20.6 Å². The fraction of sp³-hybridized carbons (Fsp3) is 0.133. The zero-order valence-electron chi connectivity index (χ0n) is 11.1. The van der Waals surface area contributed by atoms with E-state index in [9.17, 15) is 9.18 Å². The molecule has 0 unspecified atom stereocenters. The SMILES string of the molecule is NC(=O)CSc1ccccc1NCc1cc(F)ccc1Br. The van der Waals surface area contributed by atoms with Gasteiger partial charge in [0.25, 0.3) is 0 Å². The number of thioether (sulfide) groups is 1. The van der Waals surface area contributed by atoms with Crippen LogP contribution in [0.4, 0.5) is 10.1 Å². The van der Waals surface area contributed by atoms with Crippen molar-refractivity contribution in [3.63, 3.8) is 0 Å². The molecule has 0 atom stereocenters. The summed E-state index contributed by atoms with van der Waals surface area (Å²) in [4.78, 5) is 11.8. The standard InChI is InChI=1S/C15H14BrFN2OS/c16-12-6-5-11(17)7-10(12)8-19-13-3-1-2-4-14(13)21-9-15(18)20/h1-7,19H,8-9H2,(H2,18,20). The third-order valence-corrected chi connectivity index (χ3v) is 4.60. The summed E-state index contributed by atoms with van der Waals surface area (Å²) in [5.41, 5.74) is 6.88. The smallest absolute Gasteiger partial charge is 0.227 e. The third-order valence-electron chi connectivity index (χ3n) is 2.73. The number of hydrogen-bond donors (Lipinski definition) is 2. The first-order valence-electron chi connectivity index (χ1n) is 6.24. The average Bonchev–Trinajstić information content (AvgIpc) is 2.47. The van der Waals surface area contributed by atoms with Crippen LogP contribution in [0.3, 0.4) is 0 Å². The Kier molecular flexibility index (Phi) is 5.64. The second-order valence-corrected chi connectivity index (χ2v) is 6.21. The molecule has 2 rings (SSSR count). The minimum Gasteiger partial charge on any atom is -0.380 e. The largest absolute Gasteiger partial charge is 0.380 e. The maximum atomic E-state index is 13.3. The van der Waals surface area contributed by atoms with Gasteiger partial charge in [-0.3, -0.25) is 4.79 Å². The van der Waals surface area contributed by atoms with E-state index in [1.807, 2.05) is 24.3 Å². The van der Waals surface area contributed by atoms with Gasteiger partial charge < -0.3 is 11.1 Å². The molecule has 0 fully saturated rings. The number of anilines is 1. The summed E-state index contributed by atoms with van der Waals surface area (Å²) in [7, 11) is 0. The van der Waals surface area contributed by atoms with E-state index in [1.165, 1.54) is 23.9 Å². The fourth-order valence-electron chi connectivity index (χ4n) is 1.76. The lowest BCUT2D eigenvalue weighted by atomic mass is 10.2. The average molecular weight is 369 g/mol. The maximum Gasteiger partial charge on any atom is 0.227 e. The summed E-state index contributed by atoms with van der Waals surface area (Å²) in [6.45, 7) is 0.479. The molecule has 0 aliphatic heterocycles. The minimum atomic E-state index is -0.359. The second kappa shape index (κ2) is 7.47. The summed E-state index contributed by atoms with van der Waals surface area (Å²) in [5.74, 6) is -0.406. The normalized spacial score (nSPS) is 10.4. The number of nitrogens with two attached hydrogens (primary N) is 1. The van der Waals surface area contributed by atoms with E-state index in [-0.39, 0.29) is 17.5 Å². The van der Waals surface area contributed by atoms with Gasteiger partial charge >= 0.3 is 0 Å². The molecule has 0 aliphatic carbocycles. The lowest BCUT2D eigenvalue weighted by Gasteiger charge is -2.12. The third kappa shape index (κ3) is 4.75. The van der Waals surface area contributed by atoms with E-state index in [2.05, 4.69) is 21.2 Å². The lowest BCUT2D eigenvalue weighted by Crippen LogP contribution is -2.13. The van der Waals surface area contributed by atoms with Gasteiger partial charge in [0.1, 0.15) is 5.82 Å². The molecule has 2 aromatic rings. The van der Waals surface area contributed by atoms with E-state index < -0.39 is 0 Å². The summed E-state index contributed by atoms with van der Waals surface area (Å²) in [6, 6.07) is 12.2. The number of benzene rings is 2. The molecule has 6 heteroatoms. The van der Waals surface area contributed by atoms with Crippen LogP contribution in [0.15, 0.2) is 51.8 Å². The molecule has 1 amide bonds. The molecule has 3 nitrogen and oxygen atoms in total. The topological polar surface area (TPSA) is 55.1 Å². The van der Waals surface area contributed by atoms with E-state index in [1.54, 1.807) is 6.07 Å². The summed E-state index contributed by atoms with van der Waals surface area (Å²) in [5, 5.41) is 3.25. The Morgan fingerprint density at radius 2 is 2.05 bits per heavy atom. The predicted octanol–water partition coefficient (Wildman–Crippen LogP) is 3.78. The highest BCUT2D eigenvalue weighted by Gasteiger charge is 2.06. The molecule has 0 saturated carbocycles. The van der Waals surface area contributed by atoms with Gasteiger partial charge in [0.2, 0.25) is 5.91 Å². The molecule has 2 aromatic carbocycles. The number of amides is 1. The van der Waals surface area contributed by atoms with Crippen LogP contribution >= 0.6 is 27.7 Å². The minimum absolute atomic E-state index is 0.225. The van der Waals surface area contributed by atoms with Crippen molar-refractivity contribution in [3.8, 4) is 0 Å². The van der Waals surface area contributed by atoms with Gasteiger partial charge in [-0.05, 0) is 35.9 Å². The Hall–Kier alpha value is -1.53. The molecule has 0 aromatic heterocycles. The number of hydrogen-bond acceptors (Lipinski definition) is 3. The highest BCUT2D eigenvalue weighted by molar-refractivity contribution is 9.10. The van der Waals surface area contributed by atoms with Crippen molar-refractivity contribution in [1.29, 1.82) is 0 Å². The lowest BCUT2D eigenvalue weighted by molar-refractivity contribution is -0.115. The Balaban J connectivity index is 2.09. The molecule has 0 heterocycles. The number of para-hydroxylation sites is 1. The summed E-state index contributed by atoms with van der Waals surface area (Å²) < 4.78 is 14.1. The van der Waals surface area contributed by atoms with Gasteiger partial charge in [-0.1, -0.05) is 28.1 Å². The van der Waals surface area contributed by atoms with E-state index in [0.29, 0.717) is 6.54 Å². The molecular formula is C15H14BrFN2OS. The summed E-state index contributed by atoms with van der Waals surface area (Å²) in [6.07, 6.45) is 0. The molecule has 21 heavy (non-hydrogen) atoms. The van der Waals surface area contributed by atoms with Crippen molar-refractivity contribution in [3.05, 3.63) is 58.3 Å². The zero-order chi connectivity index (χ0) is 15.2. The van der Waals surface area contributed by atoms with Crippen LogP contribution in [0, 0.1) is 5.82 Å². The van der Waals surface area contributed by atoms with Crippen LogP contribution in [0.2, 0.25) is 0 Å². The van der Waals surface area contributed by atoms with Crippen LogP contribution in [0.1, 0.15) is 5.56 Å². The van der Waals surface area contributed by atoms with Crippen LogP contribution in [0.25, 0.3) is 0 Å². The number of nitrogens with one attached hydrogen (secondary N) is 1. The quantitative estimate of drug-likeness (QED) is 0.762. The Labute approximate surface area is 135 Å². The summed E-state index contributed by atoms with van der Waals surface area (Å²) >= 11 is 4.77. The van der Waals surface area contributed by atoms with Crippen molar-refractivity contribution < 1.29 is 9.18 Å². The van der Waals surface area contributed by atoms with E-state index in [4.69, 9.17) is 5.73 Å². The second-order valence-electron chi connectivity index (χ2n) is 4.34. The van der Waals surface area contributed by atoms with Crippen molar-refractivity contribution in [2.45, 2.75) is 11.4 Å². The fourth-order valence-corrected chi connectivity index (χ4v) is 2.91. The molecule has 110 valence electrons. The molecule has 0 radical (unpaired) electrons. The van der Waals surface area contributed by atoms with Gasteiger partial charge in [0.15, 0.2) is 0 Å². The van der Waals surface area contributed by atoms with Crippen LogP contribution in [0.5, 0.6) is 0 Å². The van der Waals surface area contributed by atoms with Gasteiger partial charge in [-0.15, -0.1) is 11.8 Å². The highest BCUT2D eigenvalue weighted by Crippen LogP contribution is 2.28.